The first-order valence-corrected chi connectivity index (χ1v) is 7.49. The fraction of sp³-hybridized carbons (Fsp3) is 0.800. The van der Waals surface area contributed by atoms with Crippen LogP contribution in [0.15, 0.2) is 0 Å². The fourth-order valence-electron chi connectivity index (χ4n) is 1.81. The summed E-state index contributed by atoms with van der Waals surface area (Å²) in [6.07, 6.45) is 1.55. The standard InChI is InChI=1S/C10H18N2O4S/c1-2-10(14)11-4-5-12(8-13)9-3-6-17(15,16)7-9/h8-9H,2-7H2,1H3,(H,11,14). The van der Waals surface area contributed by atoms with Crippen molar-refractivity contribution < 1.29 is 18.0 Å². The van der Waals surface area contributed by atoms with Crippen LogP contribution >= 0.6 is 0 Å². The quantitative estimate of drug-likeness (QED) is 0.633. The molecular weight excluding hydrogens is 244 g/mol. The number of carbonyl (C=O) groups excluding carboxylic acids is 2. The molecular formula is C10H18N2O4S. The van der Waals surface area contributed by atoms with Crippen LogP contribution in [0.1, 0.15) is 19.8 Å². The molecule has 2 amide bonds. The molecule has 1 heterocycles. The molecule has 1 aliphatic rings. The topological polar surface area (TPSA) is 83.6 Å². The number of sulfone groups is 1. The van der Waals surface area contributed by atoms with E-state index in [4.69, 9.17) is 0 Å². The molecule has 0 bridgehead atoms. The van der Waals surface area contributed by atoms with E-state index >= 15 is 0 Å². The first kappa shape index (κ1) is 14.0. The number of hydrogen-bond acceptors (Lipinski definition) is 4. The van der Waals surface area contributed by atoms with Crippen LogP contribution < -0.4 is 5.32 Å². The van der Waals surface area contributed by atoms with Crippen molar-refractivity contribution >= 4 is 22.2 Å². The van der Waals surface area contributed by atoms with Gasteiger partial charge in [-0.3, -0.25) is 9.59 Å². The van der Waals surface area contributed by atoms with Gasteiger partial charge in [-0.25, -0.2) is 8.42 Å². The molecule has 0 aromatic heterocycles. The molecule has 0 radical (unpaired) electrons. The van der Waals surface area contributed by atoms with Gasteiger partial charge in [-0.2, -0.15) is 0 Å². The average molecular weight is 262 g/mol. The Morgan fingerprint density at radius 3 is 2.71 bits per heavy atom. The van der Waals surface area contributed by atoms with Crippen molar-refractivity contribution in [3.63, 3.8) is 0 Å². The van der Waals surface area contributed by atoms with Gasteiger partial charge in [0.05, 0.1) is 11.5 Å². The number of hydrogen-bond donors (Lipinski definition) is 1. The Labute approximate surface area is 101 Å². The van der Waals surface area contributed by atoms with Crippen LogP contribution in [0, 0.1) is 0 Å². The number of rotatable bonds is 6. The molecule has 17 heavy (non-hydrogen) atoms. The van der Waals surface area contributed by atoms with E-state index in [1.807, 2.05) is 0 Å². The molecule has 98 valence electrons. The van der Waals surface area contributed by atoms with Gasteiger partial charge in [-0.15, -0.1) is 0 Å². The summed E-state index contributed by atoms with van der Waals surface area (Å²) in [6.45, 7) is 2.47. The summed E-state index contributed by atoms with van der Waals surface area (Å²) >= 11 is 0. The van der Waals surface area contributed by atoms with E-state index in [-0.39, 0.29) is 23.5 Å². The van der Waals surface area contributed by atoms with Crippen molar-refractivity contribution in [1.82, 2.24) is 10.2 Å². The summed E-state index contributed by atoms with van der Waals surface area (Å²) < 4.78 is 22.6. The summed E-state index contributed by atoms with van der Waals surface area (Å²) in [7, 11) is -2.98. The van der Waals surface area contributed by atoms with Crippen molar-refractivity contribution in [2.24, 2.45) is 0 Å². The predicted octanol–water partition coefficient (Wildman–Crippen LogP) is -0.842. The summed E-state index contributed by atoms with van der Waals surface area (Å²) in [5, 5.41) is 2.65. The van der Waals surface area contributed by atoms with Crippen LogP contribution in [0.2, 0.25) is 0 Å². The molecule has 6 nitrogen and oxygen atoms in total. The normalized spacial score (nSPS) is 22.1. The number of carbonyl (C=O) groups is 2. The van der Waals surface area contributed by atoms with E-state index in [1.54, 1.807) is 6.92 Å². The second-order valence-electron chi connectivity index (χ2n) is 4.10. The molecule has 1 N–H and O–H groups in total. The Bertz CT molecular complexity index is 380. The summed E-state index contributed by atoms with van der Waals surface area (Å²) in [4.78, 5) is 23.3. The van der Waals surface area contributed by atoms with Gasteiger partial charge in [0.2, 0.25) is 12.3 Å². The molecule has 7 heteroatoms. The minimum Gasteiger partial charge on any atom is -0.354 e. The maximum atomic E-state index is 11.3. The van der Waals surface area contributed by atoms with Crippen LogP contribution in [0.3, 0.4) is 0 Å². The van der Waals surface area contributed by atoms with Crippen LogP contribution in [0.5, 0.6) is 0 Å². The predicted molar refractivity (Wildman–Crippen MR) is 63.1 cm³/mol. The summed E-state index contributed by atoms with van der Waals surface area (Å²) in [5.41, 5.74) is 0. The lowest BCUT2D eigenvalue weighted by molar-refractivity contribution is -0.122. The highest BCUT2D eigenvalue weighted by molar-refractivity contribution is 7.91. The van der Waals surface area contributed by atoms with Crippen molar-refractivity contribution in [2.45, 2.75) is 25.8 Å². The van der Waals surface area contributed by atoms with E-state index in [0.717, 1.165) is 0 Å². The largest absolute Gasteiger partial charge is 0.354 e. The van der Waals surface area contributed by atoms with Crippen molar-refractivity contribution in [1.29, 1.82) is 0 Å². The molecule has 1 rings (SSSR count). The van der Waals surface area contributed by atoms with Crippen molar-refractivity contribution in [3.8, 4) is 0 Å². The Morgan fingerprint density at radius 1 is 1.53 bits per heavy atom. The van der Waals surface area contributed by atoms with Gasteiger partial charge in [0.15, 0.2) is 9.84 Å². The Balaban J connectivity index is 2.39. The maximum absolute atomic E-state index is 11.3. The number of amides is 2. The summed E-state index contributed by atoms with van der Waals surface area (Å²) in [6, 6.07) is -0.240. The Hall–Kier alpha value is -1.11. The smallest absolute Gasteiger partial charge is 0.219 e. The zero-order valence-corrected chi connectivity index (χ0v) is 10.7. The van der Waals surface area contributed by atoms with E-state index in [1.165, 1.54) is 4.90 Å². The van der Waals surface area contributed by atoms with E-state index < -0.39 is 9.84 Å². The monoisotopic (exact) mass is 262 g/mol. The molecule has 1 unspecified atom stereocenters. The van der Waals surface area contributed by atoms with Gasteiger partial charge in [0, 0.05) is 25.6 Å². The van der Waals surface area contributed by atoms with Crippen LogP contribution in [-0.4, -0.2) is 56.3 Å². The van der Waals surface area contributed by atoms with E-state index in [2.05, 4.69) is 5.32 Å². The fourth-order valence-corrected chi connectivity index (χ4v) is 3.55. The van der Waals surface area contributed by atoms with E-state index in [9.17, 15) is 18.0 Å². The minimum atomic E-state index is -2.98. The Kier molecular flexibility index (Phi) is 4.92. The van der Waals surface area contributed by atoms with Crippen LogP contribution in [0.25, 0.3) is 0 Å². The van der Waals surface area contributed by atoms with Crippen LogP contribution in [0.4, 0.5) is 0 Å². The third kappa shape index (κ3) is 4.33. The third-order valence-corrected chi connectivity index (χ3v) is 4.58. The summed E-state index contributed by atoms with van der Waals surface area (Å²) in [5.74, 6) is 0.103. The number of nitrogens with one attached hydrogen (secondary N) is 1. The molecule has 0 aromatic carbocycles. The highest BCUT2D eigenvalue weighted by Gasteiger charge is 2.31. The van der Waals surface area contributed by atoms with Gasteiger partial charge in [-0.1, -0.05) is 6.92 Å². The maximum Gasteiger partial charge on any atom is 0.219 e. The minimum absolute atomic E-state index is 0.0352. The van der Waals surface area contributed by atoms with Gasteiger partial charge in [-0.05, 0) is 6.42 Å². The second-order valence-corrected chi connectivity index (χ2v) is 6.33. The molecule has 1 saturated heterocycles. The van der Waals surface area contributed by atoms with Gasteiger partial charge in [0.25, 0.3) is 0 Å². The SMILES string of the molecule is CCC(=O)NCCN(C=O)C1CCS(=O)(=O)C1. The van der Waals surface area contributed by atoms with Crippen molar-refractivity contribution in [3.05, 3.63) is 0 Å². The number of nitrogens with zero attached hydrogens (tertiary/aromatic N) is 1. The van der Waals surface area contributed by atoms with E-state index in [0.29, 0.717) is 32.3 Å². The molecule has 1 aliphatic heterocycles. The third-order valence-electron chi connectivity index (χ3n) is 2.83. The average Bonchev–Trinajstić information content (AvgIpc) is 2.64. The second kappa shape index (κ2) is 6.00. The van der Waals surface area contributed by atoms with Gasteiger partial charge >= 0.3 is 0 Å². The first-order valence-electron chi connectivity index (χ1n) is 5.66. The van der Waals surface area contributed by atoms with Crippen molar-refractivity contribution in [2.75, 3.05) is 24.6 Å². The van der Waals surface area contributed by atoms with Crippen LogP contribution in [-0.2, 0) is 19.4 Å². The van der Waals surface area contributed by atoms with Gasteiger partial charge < -0.3 is 10.2 Å². The molecule has 0 saturated carbocycles. The molecule has 0 aromatic rings. The lowest BCUT2D eigenvalue weighted by Gasteiger charge is -2.23. The Morgan fingerprint density at radius 2 is 2.24 bits per heavy atom. The molecule has 1 atom stereocenters. The lowest BCUT2D eigenvalue weighted by atomic mass is 10.2. The van der Waals surface area contributed by atoms with Gasteiger partial charge in [0.1, 0.15) is 0 Å². The zero-order valence-electron chi connectivity index (χ0n) is 9.89. The first-order chi connectivity index (χ1) is 7.98. The molecule has 0 spiro atoms. The highest BCUT2D eigenvalue weighted by atomic mass is 32.2. The zero-order chi connectivity index (χ0) is 12.9. The molecule has 0 aliphatic carbocycles. The molecule has 1 fully saturated rings. The highest BCUT2D eigenvalue weighted by Crippen LogP contribution is 2.16. The lowest BCUT2D eigenvalue weighted by Crippen LogP contribution is -2.40.